The molecule has 0 amide bonds. The Kier molecular flexibility index (Phi) is 17.7. The van der Waals surface area contributed by atoms with Gasteiger partial charge in [0.05, 0.1) is 6.61 Å². The highest BCUT2D eigenvalue weighted by molar-refractivity contribution is 5.74. The fourth-order valence-electron chi connectivity index (χ4n) is 2.64. The van der Waals surface area contributed by atoms with Gasteiger partial charge in [-0.25, -0.2) is 4.79 Å². The van der Waals surface area contributed by atoms with Crippen molar-refractivity contribution in [3.8, 4) is 11.8 Å². The van der Waals surface area contributed by atoms with E-state index in [1.165, 1.54) is 39.2 Å². The third kappa shape index (κ3) is 15.4. The zero-order valence-corrected chi connectivity index (χ0v) is 17.6. The summed E-state index contributed by atoms with van der Waals surface area (Å²) in [6, 6.07) is 0. The van der Waals surface area contributed by atoms with Crippen molar-refractivity contribution in [2.75, 3.05) is 20.3 Å². The molecule has 0 heterocycles. The number of aliphatic hydroxyl groups excluding tert-OH is 2. The Balaban J connectivity index is 3.85. The molecule has 5 heteroatoms. The van der Waals surface area contributed by atoms with Crippen LogP contribution < -0.4 is 0 Å². The highest BCUT2D eigenvalue weighted by Crippen LogP contribution is 2.16. The standard InChI is InChI=1S/C23H38O5/c1-4-5-6-12-15-20(2)16-13-10-8-7-9-11-14-17-22(27-3)23(26)28-19-21(25)18-24/h4,7-8,20-22,24-25H,1,5-6,10,12-19H2,2-3H3/b8-7-/t20-,21+,22+/m1/s1. The number of unbranched alkanes of at least 4 members (excludes halogenated alkanes) is 3. The predicted molar refractivity (Wildman–Crippen MR) is 113 cm³/mol. The quantitative estimate of drug-likeness (QED) is 0.180. The summed E-state index contributed by atoms with van der Waals surface area (Å²) in [4.78, 5) is 11.8. The van der Waals surface area contributed by atoms with Crippen LogP contribution in [0.15, 0.2) is 24.8 Å². The molecule has 0 aromatic heterocycles. The summed E-state index contributed by atoms with van der Waals surface area (Å²) in [5.41, 5.74) is 0. The molecule has 0 fully saturated rings. The second-order valence-electron chi connectivity index (χ2n) is 7.06. The Morgan fingerprint density at radius 3 is 2.61 bits per heavy atom. The second kappa shape index (κ2) is 18.7. The molecule has 0 unspecified atom stereocenters. The fourth-order valence-corrected chi connectivity index (χ4v) is 2.64. The van der Waals surface area contributed by atoms with Crippen molar-refractivity contribution in [3.05, 3.63) is 24.8 Å². The van der Waals surface area contributed by atoms with Crippen LogP contribution in [-0.2, 0) is 14.3 Å². The summed E-state index contributed by atoms with van der Waals surface area (Å²) in [7, 11) is 1.43. The SMILES string of the molecule is C=CCCCC[C@@H](C)CCC/C=C\C#CCC[C@H](OC)C(=O)OC[C@@H](O)CO. The van der Waals surface area contributed by atoms with E-state index in [0.29, 0.717) is 12.8 Å². The van der Waals surface area contributed by atoms with E-state index in [4.69, 9.17) is 14.6 Å². The van der Waals surface area contributed by atoms with E-state index in [9.17, 15) is 9.90 Å². The summed E-state index contributed by atoms with van der Waals surface area (Å²) in [5.74, 6) is 6.20. The van der Waals surface area contributed by atoms with E-state index in [-0.39, 0.29) is 6.61 Å². The van der Waals surface area contributed by atoms with Crippen LogP contribution in [0.3, 0.4) is 0 Å². The van der Waals surface area contributed by atoms with Gasteiger partial charge in [0.2, 0.25) is 0 Å². The van der Waals surface area contributed by atoms with Gasteiger partial charge in [-0.15, -0.1) is 6.58 Å². The van der Waals surface area contributed by atoms with Crippen LogP contribution in [0.5, 0.6) is 0 Å². The minimum absolute atomic E-state index is 0.239. The molecule has 0 aliphatic heterocycles. The average Bonchev–Trinajstić information content (AvgIpc) is 2.70. The molecule has 28 heavy (non-hydrogen) atoms. The summed E-state index contributed by atoms with van der Waals surface area (Å²) >= 11 is 0. The first-order valence-electron chi connectivity index (χ1n) is 10.3. The number of methoxy groups -OCH3 is 1. The molecule has 0 saturated heterocycles. The van der Waals surface area contributed by atoms with Crippen molar-refractivity contribution >= 4 is 5.97 Å². The summed E-state index contributed by atoms with van der Waals surface area (Å²) in [6.45, 7) is 5.38. The van der Waals surface area contributed by atoms with Crippen LogP contribution in [0.4, 0.5) is 0 Å². The van der Waals surface area contributed by atoms with E-state index in [1.807, 2.05) is 12.2 Å². The molecule has 0 bridgehead atoms. The maximum atomic E-state index is 11.8. The molecule has 0 aliphatic rings. The van der Waals surface area contributed by atoms with Gasteiger partial charge in [0.25, 0.3) is 0 Å². The molecule has 0 aromatic rings. The minimum atomic E-state index is -1.06. The normalized spacial score (nSPS) is 14.1. The highest BCUT2D eigenvalue weighted by atomic mass is 16.6. The van der Waals surface area contributed by atoms with Crippen molar-refractivity contribution in [2.24, 2.45) is 5.92 Å². The van der Waals surface area contributed by atoms with Gasteiger partial charge in [-0.1, -0.05) is 50.2 Å². The molecule has 0 aromatic carbocycles. The lowest BCUT2D eigenvalue weighted by atomic mass is 9.97. The zero-order valence-electron chi connectivity index (χ0n) is 17.6. The summed E-state index contributed by atoms with van der Waals surface area (Å²) < 4.78 is 9.98. The van der Waals surface area contributed by atoms with Gasteiger partial charge in [0.15, 0.2) is 6.10 Å². The lowest BCUT2D eigenvalue weighted by Gasteiger charge is -2.14. The monoisotopic (exact) mass is 394 g/mol. The molecule has 160 valence electrons. The van der Waals surface area contributed by atoms with Gasteiger partial charge in [-0.3, -0.25) is 0 Å². The molecule has 0 spiro atoms. The fraction of sp³-hybridized carbons (Fsp3) is 0.696. The van der Waals surface area contributed by atoms with E-state index in [2.05, 4.69) is 31.4 Å². The third-order valence-electron chi connectivity index (χ3n) is 4.43. The second-order valence-corrected chi connectivity index (χ2v) is 7.06. The molecule has 0 rings (SSSR count). The van der Waals surface area contributed by atoms with Crippen molar-refractivity contribution in [1.82, 2.24) is 0 Å². The molecule has 2 N–H and O–H groups in total. The van der Waals surface area contributed by atoms with Gasteiger partial charge in [-0.05, 0) is 44.1 Å². The Bertz CT molecular complexity index is 489. The maximum absolute atomic E-state index is 11.8. The average molecular weight is 395 g/mol. The van der Waals surface area contributed by atoms with Gasteiger partial charge in [-0.2, -0.15) is 0 Å². The van der Waals surface area contributed by atoms with Crippen molar-refractivity contribution in [2.45, 2.75) is 76.9 Å². The minimum Gasteiger partial charge on any atom is -0.461 e. The Labute approximate surface area is 170 Å². The first-order chi connectivity index (χ1) is 13.5. The topological polar surface area (TPSA) is 76.0 Å². The Morgan fingerprint density at radius 1 is 1.18 bits per heavy atom. The van der Waals surface area contributed by atoms with Gasteiger partial charge in [0.1, 0.15) is 12.7 Å². The highest BCUT2D eigenvalue weighted by Gasteiger charge is 2.19. The van der Waals surface area contributed by atoms with Crippen LogP contribution in [0.2, 0.25) is 0 Å². The Hall–Kier alpha value is -1.61. The molecule has 0 aliphatic carbocycles. The van der Waals surface area contributed by atoms with Gasteiger partial charge in [0, 0.05) is 13.5 Å². The number of rotatable bonds is 16. The van der Waals surface area contributed by atoms with Crippen LogP contribution in [0, 0.1) is 17.8 Å². The van der Waals surface area contributed by atoms with Gasteiger partial charge < -0.3 is 19.7 Å². The molecule has 3 atom stereocenters. The van der Waals surface area contributed by atoms with E-state index in [0.717, 1.165) is 18.8 Å². The molecule has 5 nitrogen and oxygen atoms in total. The summed E-state index contributed by atoms with van der Waals surface area (Å²) in [5, 5.41) is 17.9. The van der Waals surface area contributed by atoms with Gasteiger partial charge >= 0.3 is 5.97 Å². The number of aliphatic hydroxyl groups is 2. The number of carbonyl (C=O) groups is 1. The van der Waals surface area contributed by atoms with Crippen LogP contribution in [-0.4, -0.2) is 48.7 Å². The van der Waals surface area contributed by atoms with E-state index < -0.39 is 24.8 Å². The number of ether oxygens (including phenoxy) is 2. The maximum Gasteiger partial charge on any atom is 0.335 e. The van der Waals surface area contributed by atoms with E-state index >= 15 is 0 Å². The van der Waals surface area contributed by atoms with Crippen molar-refractivity contribution < 1.29 is 24.5 Å². The first kappa shape index (κ1) is 26.4. The lowest BCUT2D eigenvalue weighted by Crippen LogP contribution is -2.29. The molecule has 0 radical (unpaired) electrons. The first-order valence-corrected chi connectivity index (χ1v) is 10.3. The lowest BCUT2D eigenvalue weighted by molar-refractivity contribution is -0.159. The number of hydrogen-bond donors (Lipinski definition) is 2. The smallest absolute Gasteiger partial charge is 0.335 e. The van der Waals surface area contributed by atoms with Crippen molar-refractivity contribution in [3.63, 3.8) is 0 Å². The summed E-state index contributed by atoms with van der Waals surface area (Å²) in [6.07, 6.45) is 13.5. The number of carbonyl (C=O) groups excluding carboxylic acids is 1. The number of esters is 1. The Morgan fingerprint density at radius 2 is 1.93 bits per heavy atom. The number of allylic oxidation sites excluding steroid dienone is 3. The predicted octanol–water partition coefficient (Wildman–Crippen LogP) is 3.79. The van der Waals surface area contributed by atoms with Crippen molar-refractivity contribution in [1.29, 1.82) is 0 Å². The molecule has 0 saturated carbocycles. The third-order valence-corrected chi connectivity index (χ3v) is 4.43. The molecular weight excluding hydrogens is 356 g/mol. The largest absolute Gasteiger partial charge is 0.461 e. The van der Waals surface area contributed by atoms with Crippen LogP contribution in [0.25, 0.3) is 0 Å². The molecular formula is C23H38O5. The van der Waals surface area contributed by atoms with Crippen LogP contribution in [0.1, 0.15) is 64.7 Å². The van der Waals surface area contributed by atoms with Crippen LogP contribution >= 0.6 is 0 Å². The number of hydrogen-bond acceptors (Lipinski definition) is 5. The van der Waals surface area contributed by atoms with E-state index in [1.54, 1.807) is 0 Å². The zero-order chi connectivity index (χ0) is 21.0.